The molecule has 0 saturated carbocycles. The molecular formula is C24H34F2N6O5. The van der Waals surface area contributed by atoms with Crippen LogP contribution in [0, 0.1) is 0 Å². The van der Waals surface area contributed by atoms with Crippen molar-refractivity contribution in [1.29, 1.82) is 0 Å². The van der Waals surface area contributed by atoms with Crippen LogP contribution < -0.4 is 11.1 Å². The normalized spacial score (nSPS) is 31.1. The molecule has 5 atom stereocenters. The SMILES string of the molecule is CC(C)(C)OC(=O)NC[C@@H]1CC(F)(F)CN1C[C@H]1O[C@@H](n2ccc3c(N)ncnc32)[C@@H]2OC(C)(C)O[C@@H]21. The maximum atomic E-state index is 14.5. The number of anilines is 1. The van der Waals surface area contributed by atoms with Gasteiger partial charge in [-0.3, -0.25) is 4.90 Å². The minimum Gasteiger partial charge on any atom is -0.444 e. The van der Waals surface area contributed by atoms with E-state index in [4.69, 9.17) is 24.7 Å². The van der Waals surface area contributed by atoms with Crippen molar-refractivity contribution >= 4 is 22.9 Å². The van der Waals surface area contributed by atoms with E-state index >= 15 is 0 Å². The highest BCUT2D eigenvalue weighted by atomic mass is 19.3. The summed E-state index contributed by atoms with van der Waals surface area (Å²) in [6, 6.07) is 1.20. The van der Waals surface area contributed by atoms with Gasteiger partial charge in [0.15, 0.2) is 12.0 Å². The summed E-state index contributed by atoms with van der Waals surface area (Å²) >= 11 is 0. The number of nitrogens with two attached hydrogens (primary N) is 1. The Labute approximate surface area is 213 Å². The first-order chi connectivity index (χ1) is 17.2. The summed E-state index contributed by atoms with van der Waals surface area (Å²) in [4.78, 5) is 22.2. The van der Waals surface area contributed by atoms with Gasteiger partial charge in [0.2, 0.25) is 0 Å². The molecule has 2 aromatic heterocycles. The van der Waals surface area contributed by atoms with E-state index in [1.54, 1.807) is 37.9 Å². The summed E-state index contributed by atoms with van der Waals surface area (Å²) in [5.74, 6) is -3.42. The van der Waals surface area contributed by atoms with E-state index in [-0.39, 0.29) is 19.5 Å². The fourth-order valence-corrected chi connectivity index (χ4v) is 5.35. The number of rotatable bonds is 5. The van der Waals surface area contributed by atoms with Crippen LogP contribution in [0.4, 0.5) is 19.4 Å². The molecule has 3 aliphatic rings. The molecule has 37 heavy (non-hydrogen) atoms. The number of carbonyl (C=O) groups is 1. The molecule has 0 radical (unpaired) electrons. The highest BCUT2D eigenvalue weighted by molar-refractivity contribution is 5.86. The van der Waals surface area contributed by atoms with Crippen LogP contribution in [0.25, 0.3) is 11.0 Å². The van der Waals surface area contributed by atoms with E-state index < -0.39 is 60.5 Å². The molecule has 0 bridgehead atoms. The minimum atomic E-state index is -2.89. The molecule has 0 aromatic carbocycles. The number of alkyl carbamates (subject to hydrolysis) is 1. The zero-order valence-electron chi connectivity index (χ0n) is 21.6. The van der Waals surface area contributed by atoms with Crippen molar-refractivity contribution in [2.45, 2.75) is 88.9 Å². The molecule has 11 nitrogen and oxygen atoms in total. The zero-order valence-corrected chi connectivity index (χ0v) is 21.6. The maximum absolute atomic E-state index is 14.5. The molecule has 3 fully saturated rings. The molecule has 0 unspecified atom stereocenters. The zero-order chi connectivity index (χ0) is 26.8. The number of likely N-dealkylation sites (tertiary alicyclic amines) is 1. The lowest BCUT2D eigenvalue weighted by Crippen LogP contribution is -2.46. The van der Waals surface area contributed by atoms with E-state index in [2.05, 4.69) is 15.3 Å². The Morgan fingerprint density at radius 1 is 1.27 bits per heavy atom. The Bertz CT molecular complexity index is 1170. The number of hydrogen-bond donors (Lipinski definition) is 2. The second kappa shape index (κ2) is 9.00. The summed E-state index contributed by atoms with van der Waals surface area (Å²) in [5, 5.41) is 3.30. The number of halogens is 2. The van der Waals surface area contributed by atoms with E-state index in [1.807, 2.05) is 18.4 Å². The Morgan fingerprint density at radius 2 is 2.00 bits per heavy atom. The molecular weight excluding hydrogens is 490 g/mol. The Balaban J connectivity index is 1.34. The van der Waals surface area contributed by atoms with E-state index in [0.717, 1.165) is 0 Å². The summed E-state index contributed by atoms with van der Waals surface area (Å²) in [7, 11) is 0. The second-order valence-electron chi connectivity index (χ2n) is 11.4. The Kier molecular flexibility index (Phi) is 6.33. The molecule has 5 rings (SSSR count). The van der Waals surface area contributed by atoms with Gasteiger partial charge in [0, 0.05) is 31.7 Å². The van der Waals surface area contributed by atoms with Gasteiger partial charge in [-0.1, -0.05) is 0 Å². The number of fused-ring (bicyclic) bond motifs is 2. The van der Waals surface area contributed by atoms with Gasteiger partial charge < -0.3 is 34.6 Å². The molecule has 3 aliphatic heterocycles. The van der Waals surface area contributed by atoms with Crippen molar-refractivity contribution in [3.63, 3.8) is 0 Å². The van der Waals surface area contributed by atoms with Gasteiger partial charge in [0.1, 0.15) is 41.7 Å². The second-order valence-corrected chi connectivity index (χ2v) is 11.4. The van der Waals surface area contributed by atoms with Crippen LogP contribution in [0.3, 0.4) is 0 Å². The molecule has 0 aliphatic carbocycles. The van der Waals surface area contributed by atoms with Crippen LogP contribution >= 0.6 is 0 Å². The van der Waals surface area contributed by atoms with Gasteiger partial charge in [-0.05, 0) is 40.7 Å². The van der Waals surface area contributed by atoms with Crippen molar-refractivity contribution in [2.24, 2.45) is 0 Å². The highest BCUT2D eigenvalue weighted by Gasteiger charge is 2.57. The van der Waals surface area contributed by atoms with Crippen LogP contribution in [-0.4, -0.2) is 86.8 Å². The van der Waals surface area contributed by atoms with Crippen molar-refractivity contribution in [2.75, 3.05) is 25.4 Å². The first-order valence-corrected chi connectivity index (χ1v) is 12.4. The average Bonchev–Trinajstić information content (AvgIpc) is 3.47. The van der Waals surface area contributed by atoms with E-state index in [1.165, 1.54) is 6.33 Å². The number of carbonyl (C=O) groups excluding carboxylic acids is 1. The third-order valence-electron chi connectivity index (χ3n) is 6.72. The number of nitrogens with one attached hydrogen (secondary N) is 1. The number of aromatic nitrogens is 3. The van der Waals surface area contributed by atoms with Gasteiger partial charge in [-0.2, -0.15) is 0 Å². The van der Waals surface area contributed by atoms with Crippen molar-refractivity contribution in [3.05, 3.63) is 18.6 Å². The van der Waals surface area contributed by atoms with Gasteiger partial charge >= 0.3 is 6.09 Å². The summed E-state index contributed by atoms with van der Waals surface area (Å²) in [5.41, 5.74) is 5.90. The smallest absolute Gasteiger partial charge is 0.407 e. The predicted octanol–water partition coefficient (Wildman–Crippen LogP) is 2.67. The average molecular weight is 525 g/mol. The third-order valence-corrected chi connectivity index (χ3v) is 6.72. The summed E-state index contributed by atoms with van der Waals surface area (Å²) in [6.45, 7) is 8.59. The fourth-order valence-electron chi connectivity index (χ4n) is 5.35. The van der Waals surface area contributed by atoms with Crippen molar-refractivity contribution in [1.82, 2.24) is 24.8 Å². The van der Waals surface area contributed by atoms with Crippen LogP contribution in [0.1, 0.15) is 47.3 Å². The number of amides is 1. The number of alkyl halides is 2. The first kappa shape index (κ1) is 26.0. The molecule has 2 aromatic rings. The van der Waals surface area contributed by atoms with Crippen molar-refractivity contribution < 1.29 is 32.5 Å². The standard InChI is InChI=1S/C24H34F2N6O5/c1-22(2,3)37-21(33)28-9-13-8-24(25,26)11-31(13)10-15-16-17(36-23(4,5)35-16)20(34-15)32-7-6-14-18(27)29-12-30-19(14)32/h6-7,12-13,15-17,20H,8-11H2,1-5H3,(H,28,33)(H2,27,29,30)/t13-,15+,16+,17+,20+/m0/s1. The van der Waals surface area contributed by atoms with Gasteiger partial charge in [-0.25, -0.2) is 23.5 Å². The lowest BCUT2D eigenvalue weighted by molar-refractivity contribution is -0.198. The topological polar surface area (TPSA) is 126 Å². The number of ether oxygens (including phenoxy) is 4. The molecule has 3 N–H and O–H groups in total. The molecule has 204 valence electrons. The summed E-state index contributed by atoms with van der Waals surface area (Å²) < 4.78 is 54.9. The number of nitrogens with zero attached hydrogens (tertiary/aromatic N) is 4. The van der Waals surface area contributed by atoms with Gasteiger partial charge in [0.05, 0.1) is 11.9 Å². The largest absolute Gasteiger partial charge is 0.444 e. The lowest BCUT2D eigenvalue weighted by Gasteiger charge is -2.30. The minimum absolute atomic E-state index is 0.0238. The molecule has 13 heteroatoms. The highest BCUT2D eigenvalue weighted by Crippen LogP contribution is 2.45. The Hall–Kier alpha value is -2.61. The first-order valence-electron chi connectivity index (χ1n) is 12.4. The predicted molar refractivity (Wildman–Crippen MR) is 129 cm³/mol. The van der Waals surface area contributed by atoms with Gasteiger partial charge in [0.25, 0.3) is 5.92 Å². The summed E-state index contributed by atoms with van der Waals surface area (Å²) in [6.07, 6.45) is -0.00642. The van der Waals surface area contributed by atoms with E-state index in [9.17, 15) is 13.6 Å². The Morgan fingerprint density at radius 3 is 2.73 bits per heavy atom. The molecule has 1 amide bonds. The van der Waals surface area contributed by atoms with Crippen molar-refractivity contribution in [3.8, 4) is 0 Å². The van der Waals surface area contributed by atoms with E-state index in [0.29, 0.717) is 16.9 Å². The molecule has 0 spiro atoms. The fraction of sp³-hybridized carbons (Fsp3) is 0.708. The van der Waals surface area contributed by atoms with Crippen LogP contribution in [0.15, 0.2) is 18.6 Å². The number of hydrogen-bond acceptors (Lipinski definition) is 9. The quantitative estimate of drug-likeness (QED) is 0.607. The lowest BCUT2D eigenvalue weighted by atomic mass is 10.1. The number of nitrogen functional groups attached to an aromatic ring is 1. The monoisotopic (exact) mass is 524 g/mol. The molecule has 3 saturated heterocycles. The van der Waals surface area contributed by atoms with Gasteiger partial charge in [-0.15, -0.1) is 0 Å². The third kappa shape index (κ3) is 5.35. The molecule has 5 heterocycles. The van der Waals surface area contributed by atoms with Crippen LogP contribution in [0.2, 0.25) is 0 Å². The maximum Gasteiger partial charge on any atom is 0.407 e. The van der Waals surface area contributed by atoms with Crippen LogP contribution in [0.5, 0.6) is 0 Å². The van der Waals surface area contributed by atoms with Crippen LogP contribution in [-0.2, 0) is 18.9 Å².